The summed E-state index contributed by atoms with van der Waals surface area (Å²) >= 11 is 0. The van der Waals surface area contributed by atoms with E-state index in [-0.39, 0.29) is 12.5 Å². The zero-order valence-electron chi connectivity index (χ0n) is 10.8. The summed E-state index contributed by atoms with van der Waals surface area (Å²) in [6, 6.07) is 6.64. The summed E-state index contributed by atoms with van der Waals surface area (Å²) in [4.78, 5) is 24.8. The number of fused-ring (bicyclic) bond motifs is 1. The third-order valence-corrected chi connectivity index (χ3v) is 3.56. The Bertz CT molecular complexity index is 666. The van der Waals surface area contributed by atoms with Gasteiger partial charge < -0.3 is 10.0 Å². The Morgan fingerprint density at radius 2 is 2.15 bits per heavy atom. The van der Waals surface area contributed by atoms with Crippen molar-refractivity contribution in [3.05, 3.63) is 24.3 Å². The maximum absolute atomic E-state index is 12.2. The highest BCUT2D eigenvalue weighted by Gasteiger charge is 2.34. The molecule has 1 saturated heterocycles. The third-order valence-electron chi connectivity index (χ3n) is 3.56. The SMILES string of the molecule is O=C(O)C1CCCN1C(=O)Cn1nnc2ccccc21. The summed E-state index contributed by atoms with van der Waals surface area (Å²) in [7, 11) is 0. The molecule has 20 heavy (non-hydrogen) atoms. The van der Waals surface area contributed by atoms with Crippen molar-refractivity contribution in [2.45, 2.75) is 25.4 Å². The van der Waals surface area contributed by atoms with Gasteiger partial charge >= 0.3 is 5.97 Å². The Morgan fingerprint density at radius 1 is 1.35 bits per heavy atom. The third kappa shape index (κ3) is 2.11. The van der Waals surface area contributed by atoms with Gasteiger partial charge in [-0.3, -0.25) is 4.79 Å². The lowest BCUT2D eigenvalue weighted by Gasteiger charge is -2.21. The molecule has 3 rings (SSSR count). The van der Waals surface area contributed by atoms with Crippen LogP contribution in [0, 0.1) is 0 Å². The molecule has 0 spiro atoms. The van der Waals surface area contributed by atoms with Crippen LogP contribution in [0.15, 0.2) is 24.3 Å². The molecule has 0 aliphatic carbocycles. The predicted octanol–water partition coefficient (Wildman–Crippen LogP) is 0.507. The number of rotatable bonds is 3. The fourth-order valence-electron chi connectivity index (χ4n) is 2.58. The zero-order chi connectivity index (χ0) is 14.1. The Kier molecular flexibility index (Phi) is 3.09. The first-order valence-corrected chi connectivity index (χ1v) is 6.47. The first-order valence-electron chi connectivity index (χ1n) is 6.47. The van der Waals surface area contributed by atoms with Crippen molar-refractivity contribution >= 4 is 22.9 Å². The lowest BCUT2D eigenvalue weighted by atomic mass is 10.2. The molecule has 7 heteroatoms. The Hall–Kier alpha value is -2.44. The standard InChI is InChI=1S/C13H14N4O3/c18-12(16-7-3-6-11(16)13(19)20)8-17-10-5-2-1-4-9(10)14-15-17/h1-2,4-5,11H,3,6-8H2,(H,19,20). The van der Waals surface area contributed by atoms with E-state index in [1.165, 1.54) is 9.58 Å². The molecule has 1 aliphatic rings. The Labute approximate surface area is 114 Å². The van der Waals surface area contributed by atoms with Gasteiger partial charge in [-0.2, -0.15) is 0 Å². The average molecular weight is 274 g/mol. The molecule has 1 atom stereocenters. The van der Waals surface area contributed by atoms with Crippen LogP contribution in [0.25, 0.3) is 11.0 Å². The molecule has 1 N–H and O–H groups in total. The van der Waals surface area contributed by atoms with Crippen molar-refractivity contribution in [1.29, 1.82) is 0 Å². The van der Waals surface area contributed by atoms with Gasteiger partial charge in [0.2, 0.25) is 5.91 Å². The summed E-state index contributed by atoms with van der Waals surface area (Å²) in [6.45, 7) is 0.507. The number of carbonyl (C=O) groups is 2. The van der Waals surface area contributed by atoms with Gasteiger partial charge in [0.15, 0.2) is 0 Å². The Morgan fingerprint density at radius 3 is 2.95 bits per heavy atom. The first-order chi connectivity index (χ1) is 9.66. The second kappa shape index (κ2) is 4.92. The molecular formula is C13H14N4O3. The summed E-state index contributed by atoms with van der Waals surface area (Å²) in [6.07, 6.45) is 1.24. The minimum Gasteiger partial charge on any atom is -0.480 e. The molecule has 0 radical (unpaired) electrons. The summed E-state index contributed by atoms with van der Waals surface area (Å²) in [5.41, 5.74) is 1.49. The fraction of sp³-hybridized carbons (Fsp3) is 0.385. The molecule has 1 aromatic carbocycles. The van der Waals surface area contributed by atoms with Gasteiger partial charge in [0.25, 0.3) is 0 Å². The van der Waals surface area contributed by atoms with E-state index in [4.69, 9.17) is 5.11 Å². The molecule has 1 fully saturated rings. The highest BCUT2D eigenvalue weighted by molar-refractivity contribution is 5.85. The minimum atomic E-state index is -0.945. The summed E-state index contributed by atoms with van der Waals surface area (Å²) in [5.74, 6) is -1.18. The van der Waals surface area contributed by atoms with E-state index in [1.807, 2.05) is 24.3 Å². The molecule has 1 aliphatic heterocycles. The van der Waals surface area contributed by atoms with E-state index in [2.05, 4.69) is 10.3 Å². The number of likely N-dealkylation sites (tertiary alicyclic amines) is 1. The van der Waals surface area contributed by atoms with Crippen molar-refractivity contribution in [3.8, 4) is 0 Å². The van der Waals surface area contributed by atoms with Crippen LogP contribution < -0.4 is 0 Å². The van der Waals surface area contributed by atoms with Crippen molar-refractivity contribution in [2.75, 3.05) is 6.54 Å². The average Bonchev–Trinajstić information content (AvgIpc) is 3.06. The number of carboxylic acids is 1. The summed E-state index contributed by atoms with van der Waals surface area (Å²) in [5, 5.41) is 17.0. The second-order valence-corrected chi connectivity index (χ2v) is 4.82. The van der Waals surface area contributed by atoms with E-state index in [1.54, 1.807) is 0 Å². The van der Waals surface area contributed by atoms with E-state index in [0.29, 0.717) is 13.0 Å². The molecule has 104 valence electrons. The molecule has 0 saturated carbocycles. The van der Waals surface area contributed by atoms with Crippen LogP contribution >= 0.6 is 0 Å². The van der Waals surface area contributed by atoms with E-state index in [0.717, 1.165) is 17.5 Å². The van der Waals surface area contributed by atoms with E-state index >= 15 is 0 Å². The number of benzene rings is 1. The minimum absolute atomic E-state index is 0.0181. The number of para-hydroxylation sites is 1. The van der Waals surface area contributed by atoms with Crippen LogP contribution in [0.1, 0.15) is 12.8 Å². The largest absolute Gasteiger partial charge is 0.480 e. The van der Waals surface area contributed by atoms with Crippen molar-refractivity contribution < 1.29 is 14.7 Å². The monoisotopic (exact) mass is 274 g/mol. The number of hydrogen-bond donors (Lipinski definition) is 1. The lowest BCUT2D eigenvalue weighted by Crippen LogP contribution is -2.42. The molecule has 7 nitrogen and oxygen atoms in total. The number of nitrogens with zero attached hydrogens (tertiary/aromatic N) is 4. The molecule has 1 unspecified atom stereocenters. The normalized spacial score (nSPS) is 18.6. The zero-order valence-corrected chi connectivity index (χ0v) is 10.8. The Balaban J connectivity index is 1.80. The molecule has 2 heterocycles. The van der Waals surface area contributed by atoms with Crippen molar-refractivity contribution in [1.82, 2.24) is 19.9 Å². The fourth-order valence-corrected chi connectivity index (χ4v) is 2.58. The first kappa shape index (κ1) is 12.6. The number of amides is 1. The molecule has 1 amide bonds. The van der Waals surface area contributed by atoms with Crippen molar-refractivity contribution in [3.63, 3.8) is 0 Å². The number of carbonyl (C=O) groups excluding carboxylic acids is 1. The second-order valence-electron chi connectivity index (χ2n) is 4.82. The van der Waals surface area contributed by atoms with E-state index < -0.39 is 12.0 Å². The van der Waals surface area contributed by atoms with Gasteiger partial charge in [0.05, 0.1) is 5.52 Å². The number of hydrogen-bond acceptors (Lipinski definition) is 4. The maximum Gasteiger partial charge on any atom is 0.326 e. The van der Waals surface area contributed by atoms with Crippen LogP contribution in [0.3, 0.4) is 0 Å². The van der Waals surface area contributed by atoms with Gasteiger partial charge in [0.1, 0.15) is 18.1 Å². The topological polar surface area (TPSA) is 88.3 Å². The van der Waals surface area contributed by atoms with Crippen LogP contribution in [-0.2, 0) is 16.1 Å². The van der Waals surface area contributed by atoms with Gasteiger partial charge in [-0.25, -0.2) is 9.48 Å². The highest BCUT2D eigenvalue weighted by Crippen LogP contribution is 2.18. The van der Waals surface area contributed by atoms with Crippen LogP contribution in [0.5, 0.6) is 0 Å². The van der Waals surface area contributed by atoms with Gasteiger partial charge in [0, 0.05) is 6.54 Å². The van der Waals surface area contributed by atoms with E-state index in [9.17, 15) is 9.59 Å². The molecule has 2 aromatic rings. The predicted molar refractivity (Wildman–Crippen MR) is 69.9 cm³/mol. The molecule has 1 aromatic heterocycles. The molecule has 0 bridgehead atoms. The number of aromatic nitrogens is 3. The van der Waals surface area contributed by atoms with Gasteiger partial charge in [-0.15, -0.1) is 5.10 Å². The quantitative estimate of drug-likeness (QED) is 0.880. The number of carboxylic acid groups (broad SMARTS) is 1. The number of aliphatic carboxylic acids is 1. The maximum atomic E-state index is 12.2. The van der Waals surface area contributed by atoms with Crippen LogP contribution in [0.4, 0.5) is 0 Å². The smallest absolute Gasteiger partial charge is 0.326 e. The van der Waals surface area contributed by atoms with Crippen LogP contribution in [-0.4, -0.2) is 49.5 Å². The molecular weight excluding hydrogens is 260 g/mol. The van der Waals surface area contributed by atoms with Gasteiger partial charge in [-0.05, 0) is 25.0 Å². The van der Waals surface area contributed by atoms with Crippen molar-refractivity contribution in [2.24, 2.45) is 0 Å². The summed E-state index contributed by atoms with van der Waals surface area (Å²) < 4.78 is 1.51. The van der Waals surface area contributed by atoms with Gasteiger partial charge in [-0.1, -0.05) is 17.3 Å². The highest BCUT2D eigenvalue weighted by atomic mass is 16.4. The lowest BCUT2D eigenvalue weighted by molar-refractivity contribution is -0.148. The van der Waals surface area contributed by atoms with Crippen LogP contribution in [0.2, 0.25) is 0 Å².